The molecule has 0 aliphatic rings. The number of benzene rings is 1. The van der Waals surface area contributed by atoms with Gasteiger partial charge in [-0.3, -0.25) is 0 Å². The fourth-order valence-electron chi connectivity index (χ4n) is 2.42. The molecule has 0 aliphatic heterocycles. The van der Waals surface area contributed by atoms with Crippen molar-refractivity contribution in [2.24, 2.45) is 0 Å². The van der Waals surface area contributed by atoms with Crippen molar-refractivity contribution >= 4 is 11.8 Å². The fourth-order valence-corrected chi connectivity index (χ4v) is 3.24. The predicted octanol–water partition coefficient (Wildman–Crippen LogP) is 2.83. The SMILES string of the molecule is CC(C)(C)c1nnc(SCc2nccn2Cc2ccccc2)n1N. The van der Waals surface area contributed by atoms with Gasteiger partial charge in [-0.05, 0) is 5.56 Å². The van der Waals surface area contributed by atoms with Crippen molar-refractivity contribution in [3.63, 3.8) is 0 Å². The third-order valence-electron chi connectivity index (χ3n) is 3.66. The van der Waals surface area contributed by atoms with Gasteiger partial charge in [0.25, 0.3) is 0 Å². The summed E-state index contributed by atoms with van der Waals surface area (Å²) in [5, 5.41) is 9.13. The van der Waals surface area contributed by atoms with E-state index in [9.17, 15) is 0 Å². The molecule has 0 saturated carbocycles. The van der Waals surface area contributed by atoms with E-state index in [1.54, 1.807) is 16.4 Å². The first-order valence-electron chi connectivity index (χ1n) is 7.83. The van der Waals surface area contributed by atoms with Gasteiger partial charge in [-0.1, -0.05) is 62.9 Å². The van der Waals surface area contributed by atoms with Gasteiger partial charge in [-0.25, -0.2) is 9.66 Å². The molecule has 0 atom stereocenters. The van der Waals surface area contributed by atoms with Crippen LogP contribution in [0, 0.1) is 0 Å². The van der Waals surface area contributed by atoms with E-state index in [0.717, 1.165) is 18.2 Å². The summed E-state index contributed by atoms with van der Waals surface area (Å²) in [5.41, 5.74) is 1.12. The lowest BCUT2D eigenvalue weighted by Gasteiger charge is -2.16. The highest BCUT2D eigenvalue weighted by Crippen LogP contribution is 2.25. The van der Waals surface area contributed by atoms with E-state index in [4.69, 9.17) is 5.84 Å². The summed E-state index contributed by atoms with van der Waals surface area (Å²) in [6.45, 7) is 7.02. The molecule has 0 fully saturated rings. The molecule has 3 aromatic rings. The molecule has 0 amide bonds. The second kappa shape index (κ2) is 6.68. The van der Waals surface area contributed by atoms with Crippen molar-refractivity contribution in [2.45, 2.75) is 43.6 Å². The molecule has 0 radical (unpaired) electrons. The number of rotatable bonds is 5. The van der Waals surface area contributed by atoms with E-state index in [2.05, 4.69) is 52.7 Å². The van der Waals surface area contributed by atoms with Crippen molar-refractivity contribution in [1.82, 2.24) is 24.4 Å². The number of aromatic nitrogens is 5. The summed E-state index contributed by atoms with van der Waals surface area (Å²) in [6, 6.07) is 10.3. The third-order valence-corrected chi connectivity index (χ3v) is 4.60. The highest BCUT2D eigenvalue weighted by molar-refractivity contribution is 7.98. The number of thioether (sulfide) groups is 1. The Hall–Kier alpha value is -2.28. The molecule has 7 heteroatoms. The molecule has 2 N–H and O–H groups in total. The van der Waals surface area contributed by atoms with Gasteiger partial charge in [-0.15, -0.1) is 10.2 Å². The Balaban J connectivity index is 1.70. The number of nitrogens with zero attached hydrogens (tertiary/aromatic N) is 5. The highest BCUT2D eigenvalue weighted by atomic mass is 32.2. The van der Waals surface area contributed by atoms with Crippen LogP contribution in [0.5, 0.6) is 0 Å². The Morgan fingerprint density at radius 2 is 1.88 bits per heavy atom. The Labute approximate surface area is 146 Å². The first-order valence-corrected chi connectivity index (χ1v) is 8.81. The van der Waals surface area contributed by atoms with Gasteiger partial charge in [0, 0.05) is 24.4 Å². The maximum Gasteiger partial charge on any atom is 0.210 e. The molecule has 2 heterocycles. The summed E-state index contributed by atoms with van der Waals surface area (Å²) in [6.07, 6.45) is 3.82. The maximum atomic E-state index is 6.13. The van der Waals surface area contributed by atoms with Crippen LogP contribution in [-0.4, -0.2) is 24.4 Å². The first-order chi connectivity index (χ1) is 11.4. The van der Waals surface area contributed by atoms with E-state index in [-0.39, 0.29) is 5.41 Å². The Morgan fingerprint density at radius 3 is 2.54 bits per heavy atom. The normalized spacial score (nSPS) is 11.8. The fraction of sp³-hybridized carbons (Fsp3) is 0.353. The van der Waals surface area contributed by atoms with Gasteiger partial charge < -0.3 is 10.4 Å². The predicted molar refractivity (Wildman–Crippen MR) is 96.2 cm³/mol. The van der Waals surface area contributed by atoms with Gasteiger partial charge in [0.2, 0.25) is 5.16 Å². The second-order valence-corrected chi connectivity index (χ2v) is 7.61. The Morgan fingerprint density at radius 1 is 1.12 bits per heavy atom. The average Bonchev–Trinajstić information content (AvgIpc) is 3.12. The molecule has 3 rings (SSSR count). The summed E-state index contributed by atoms with van der Waals surface area (Å²) in [4.78, 5) is 4.46. The molecular weight excluding hydrogens is 320 g/mol. The number of hydrogen-bond acceptors (Lipinski definition) is 5. The van der Waals surface area contributed by atoms with Crippen LogP contribution in [0.15, 0.2) is 47.9 Å². The maximum absolute atomic E-state index is 6.13. The zero-order valence-electron chi connectivity index (χ0n) is 14.2. The van der Waals surface area contributed by atoms with Crippen molar-refractivity contribution < 1.29 is 0 Å². The van der Waals surface area contributed by atoms with E-state index >= 15 is 0 Å². The molecule has 24 heavy (non-hydrogen) atoms. The standard InChI is InChI=1S/C17H22N6S/c1-17(2,3)15-20-21-16(23(15)18)24-12-14-19-9-10-22(14)11-13-7-5-4-6-8-13/h4-10H,11-12,18H2,1-3H3. The van der Waals surface area contributed by atoms with E-state index in [1.807, 2.05) is 30.6 Å². The monoisotopic (exact) mass is 342 g/mol. The molecule has 0 spiro atoms. The average molecular weight is 342 g/mol. The van der Waals surface area contributed by atoms with E-state index in [1.165, 1.54) is 5.56 Å². The van der Waals surface area contributed by atoms with Crippen LogP contribution in [0.3, 0.4) is 0 Å². The van der Waals surface area contributed by atoms with Crippen LogP contribution in [0.2, 0.25) is 0 Å². The van der Waals surface area contributed by atoms with Crippen molar-refractivity contribution in [2.75, 3.05) is 5.84 Å². The van der Waals surface area contributed by atoms with Gasteiger partial charge in [0.05, 0.1) is 5.75 Å². The summed E-state index contributed by atoms with van der Waals surface area (Å²) in [7, 11) is 0. The minimum atomic E-state index is -0.133. The van der Waals surface area contributed by atoms with Crippen molar-refractivity contribution in [1.29, 1.82) is 0 Å². The van der Waals surface area contributed by atoms with Gasteiger partial charge in [0.1, 0.15) is 5.82 Å². The summed E-state index contributed by atoms with van der Waals surface area (Å²) in [5.74, 6) is 8.59. The van der Waals surface area contributed by atoms with E-state index < -0.39 is 0 Å². The quantitative estimate of drug-likeness (QED) is 0.570. The van der Waals surface area contributed by atoms with Crippen LogP contribution in [0.25, 0.3) is 0 Å². The molecule has 6 nitrogen and oxygen atoms in total. The lowest BCUT2D eigenvalue weighted by molar-refractivity contribution is 0.523. The van der Waals surface area contributed by atoms with Crippen molar-refractivity contribution in [3.8, 4) is 0 Å². The first kappa shape index (κ1) is 16.6. The van der Waals surface area contributed by atoms with Crippen LogP contribution >= 0.6 is 11.8 Å². The number of hydrogen-bond donors (Lipinski definition) is 1. The lowest BCUT2D eigenvalue weighted by atomic mass is 9.96. The number of nitrogen functional groups attached to an aromatic ring is 1. The molecule has 0 unspecified atom stereocenters. The molecule has 0 bridgehead atoms. The Kier molecular flexibility index (Phi) is 4.62. The molecule has 1 aromatic carbocycles. The zero-order chi connectivity index (χ0) is 17.2. The summed E-state index contributed by atoms with van der Waals surface area (Å²) < 4.78 is 3.72. The molecule has 126 valence electrons. The van der Waals surface area contributed by atoms with Crippen LogP contribution in [0.4, 0.5) is 0 Å². The molecular formula is C17H22N6S. The molecule has 0 aliphatic carbocycles. The van der Waals surface area contributed by atoms with Crippen LogP contribution in [-0.2, 0) is 17.7 Å². The van der Waals surface area contributed by atoms with Gasteiger partial charge in [-0.2, -0.15) is 0 Å². The largest absolute Gasteiger partial charge is 0.336 e. The highest BCUT2D eigenvalue weighted by Gasteiger charge is 2.23. The molecule has 2 aromatic heterocycles. The Bertz CT molecular complexity index is 800. The van der Waals surface area contributed by atoms with E-state index in [0.29, 0.717) is 10.9 Å². The topological polar surface area (TPSA) is 74.5 Å². The van der Waals surface area contributed by atoms with Crippen LogP contribution in [0.1, 0.15) is 38.0 Å². The second-order valence-electron chi connectivity index (χ2n) is 6.67. The smallest absolute Gasteiger partial charge is 0.210 e. The number of nitrogens with two attached hydrogens (primary N) is 1. The van der Waals surface area contributed by atoms with Crippen molar-refractivity contribution in [3.05, 3.63) is 59.9 Å². The van der Waals surface area contributed by atoms with Gasteiger partial charge in [0.15, 0.2) is 5.82 Å². The molecule has 0 saturated heterocycles. The van der Waals surface area contributed by atoms with Gasteiger partial charge >= 0.3 is 0 Å². The minimum absolute atomic E-state index is 0.133. The lowest BCUT2D eigenvalue weighted by Crippen LogP contribution is -2.24. The summed E-state index contributed by atoms with van der Waals surface area (Å²) >= 11 is 1.55. The number of imidazole rings is 1. The minimum Gasteiger partial charge on any atom is -0.336 e. The zero-order valence-corrected chi connectivity index (χ0v) is 15.0. The third kappa shape index (κ3) is 3.62. The van der Waals surface area contributed by atoms with Crippen LogP contribution < -0.4 is 5.84 Å².